The molecule has 0 fully saturated rings. The van der Waals surface area contributed by atoms with Crippen LogP contribution < -0.4 is 15.4 Å². The van der Waals surface area contributed by atoms with E-state index in [1.165, 1.54) is 6.07 Å². The molecule has 0 bridgehead atoms. The maximum Gasteiger partial charge on any atom is 0.315 e. The van der Waals surface area contributed by atoms with Crippen molar-refractivity contribution in [2.45, 2.75) is 13.3 Å². The third kappa shape index (κ3) is 3.86. The van der Waals surface area contributed by atoms with Crippen LogP contribution in [0, 0.1) is 6.92 Å². The lowest BCUT2D eigenvalue weighted by Gasteiger charge is -2.17. The summed E-state index contributed by atoms with van der Waals surface area (Å²) in [7, 11) is 0. The van der Waals surface area contributed by atoms with Gasteiger partial charge in [-0.3, -0.25) is 19.5 Å². The molecule has 2 amide bonds. The number of hydrogen-bond acceptors (Lipinski definition) is 5. The van der Waals surface area contributed by atoms with Crippen LogP contribution in [0.2, 0.25) is 0 Å². The van der Waals surface area contributed by atoms with Gasteiger partial charge in [-0.25, -0.2) is 0 Å². The molecule has 0 saturated carbocycles. The highest BCUT2D eigenvalue weighted by Crippen LogP contribution is 2.27. The molecule has 3 N–H and O–H groups in total. The summed E-state index contributed by atoms with van der Waals surface area (Å²) in [4.78, 5) is 36.4. The molecule has 0 spiro atoms. The van der Waals surface area contributed by atoms with Crippen molar-refractivity contribution in [2.24, 2.45) is 0 Å². The Hall–Kier alpha value is -3.94. The van der Waals surface area contributed by atoms with E-state index in [1.807, 2.05) is 31.2 Å². The van der Waals surface area contributed by atoms with Gasteiger partial charge < -0.3 is 15.4 Å². The summed E-state index contributed by atoms with van der Waals surface area (Å²) in [5.74, 6) is -1.09. The maximum absolute atomic E-state index is 12.2. The summed E-state index contributed by atoms with van der Waals surface area (Å²) in [5, 5.41) is 11.8. The first-order valence-electron chi connectivity index (χ1n) is 9.05. The quantitative estimate of drug-likeness (QED) is 0.595. The molecule has 0 unspecified atom stereocenters. The number of nitrogens with zero attached hydrogens (tertiary/aromatic N) is 1. The molecule has 3 aromatic rings. The topological polar surface area (TPSA) is 113 Å². The van der Waals surface area contributed by atoms with Gasteiger partial charge in [-0.1, -0.05) is 24.3 Å². The van der Waals surface area contributed by atoms with E-state index >= 15 is 0 Å². The number of hydrogen-bond donors (Lipinski definition) is 3. The van der Waals surface area contributed by atoms with Crippen LogP contribution in [0.1, 0.15) is 22.3 Å². The summed E-state index contributed by atoms with van der Waals surface area (Å²) < 4.78 is 5.40. The van der Waals surface area contributed by atoms with Gasteiger partial charge >= 0.3 is 11.8 Å². The molecule has 146 valence electrons. The monoisotopic (exact) mass is 390 g/mol. The largest absolute Gasteiger partial charge is 0.492 e. The minimum atomic E-state index is -0.867. The number of carbonyl (C=O) groups excluding carboxylic acids is 3. The SMILES string of the molecule is Cc1ccccc1-c1cc(NC(=O)C(=O)Nc2ccc3c(c2)C(=O)CCO3)n[nH]1. The molecule has 0 aliphatic carbocycles. The number of H-pyrrole nitrogens is 1. The van der Waals surface area contributed by atoms with E-state index in [2.05, 4.69) is 20.8 Å². The summed E-state index contributed by atoms with van der Waals surface area (Å²) in [6, 6.07) is 14.1. The predicted molar refractivity (Wildman–Crippen MR) is 107 cm³/mol. The third-order valence-electron chi connectivity index (χ3n) is 4.59. The van der Waals surface area contributed by atoms with Gasteiger partial charge in [0, 0.05) is 23.7 Å². The Bertz CT molecular complexity index is 1120. The second-order valence-electron chi connectivity index (χ2n) is 6.62. The van der Waals surface area contributed by atoms with Gasteiger partial charge in [0.25, 0.3) is 0 Å². The zero-order valence-corrected chi connectivity index (χ0v) is 15.6. The van der Waals surface area contributed by atoms with Gasteiger partial charge in [0.1, 0.15) is 5.75 Å². The Balaban J connectivity index is 1.43. The number of ether oxygens (including phenoxy) is 1. The molecule has 1 aromatic heterocycles. The average Bonchev–Trinajstić information content (AvgIpc) is 3.17. The van der Waals surface area contributed by atoms with E-state index in [0.717, 1.165) is 16.8 Å². The molecular weight excluding hydrogens is 372 g/mol. The standard InChI is InChI=1S/C21H18N4O4/c1-12-4-2-3-5-14(12)16-11-19(25-24-16)23-21(28)20(27)22-13-6-7-18-15(10-13)17(26)8-9-29-18/h2-7,10-11H,8-9H2,1H3,(H,22,27)(H2,23,24,25,28). The van der Waals surface area contributed by atoms with E-state index in [1.54, 1.807) is 18.2 Å². The molecule has 2 heterocycles. The van der Waals surface area contributed by atoms with Crippen molar-refractivity contribution in [2.75, 3.05) is 17.2 Å². The highest BCUT2D eigenvalue weighted by molar-refractivity contribution is 6.43. The van der Waals surface area contributed by atoms with Gasteiger partial charge in [-0.15, -0.1) is 0 Å². The number of Topliss-reactive ketones (excluding diaryl/α,β-unsaturated/α-hetero) is 1. The summed E-state index contributed by atoms with van der Waals surface area (Å²) in [5.41, 5.74) is 3.46. The number of anilines is 2. The second kappa shape index (κ2) is 7.59. The van der Waals surface area contributed by atoms with E-state index in [-0.39, 0.29) is 18.0 Å². The molecule has 2 aromatic carbocycles. The highest BCUT2D eigenvalue weighted by atomic mass is 16.5. The number of benzene rings is 2. The molecular formula is C21H18N4O4. The molecule has 8 nitrogen and oxygen atoms in total. The molecule has 4 rings (SSSR count). The van der Waals surface area contributed by atoms with Crippen LogP contribution in [0.15, 0.2) is 48.5 Å². The Morgan fingerprint density at radius 1 is 1.03 bits per heavy atom. The van der Waals surface area contributed by atoms with Gasteiger partial charge in [-0.2, -0.15) is 5.10 Å². The van der Waals surface area contributed by atoms with Gasteiger partial charge in [0.2, 0.25) is 0 Å². The minimum absolute atomic E-state index is 0.0629. The summed E-state index contributed by atoms with van der Waals surface area (Å²) >= 11 is 0. The number of aromatic amines is 1. The maximum atomic E-state index is 12.2. The lowest BCUT2D eigenvalue weighted by Crippen LogP contribution is -2.29. The molecule has 1 aliphatic rings. The number of carbonyl (C=O) groups is 3. The molecule has 1 aliphatic heterocycles. The number of amides is 2. The summed E-state index contributed by atoms with van der Waals surface area (Å²) in [6.45, 7) is 2.31. The number of aryl methyl sites for hydroxylation is 1. The Labute approximate surface area is 166 Å². The number of fused-ring (bicyclic) bond motifs is 1. The first-order chi connectivity index (χ1) is 14.0. The van der Waals surface area contributed by atoms with E-state index in [0.29, 0.717) is 23.6 Å². The van der Waals surface area contributed by atoms with Crippen LogP contribution in [0.25, 0.3) is 11.3 Å². The Morgan fingerprint density at radius 3 is 2.66 bits per heavy atom. The third-order valence-corrected chi connectivity index (χ3v) is 4.59. The zero-order chi connectivity index (χ0) is 20.4. The first kappa shape index (κ1) is 18.4. The molecule has 0 atom stereocenters. The highest BCUT2D eigenvalue weighted by Gasteiger charge is 2.21. The Morgan fingerprint density at radius 2 is 1.83 bits per heavy atom. The van der Waals surface area contributed by atoms with Gasteiger partial charge in [0.05, 0.1) is 17.9 Å². The zero-order valence-electron chi connectivity index (χ0n) is 15.6. The van der Waals surface area contributed by atoms with E-state index < -0.39 is 11.8 Å². The lowest BCUT2D eigenvalue weighted by molar-refractivity contribution is -0.133. The molecule has 0 saturated heterocycles. The number of aromatic nitrogens is 2. The fraction of sp³-hybridized carbons (Fsp3) is 0.143. The molecule has 8 heteroatoms. The van der Waals surface area contributed by atoms with E-state index in [9.17, 15) is 14.4 Å². The smallest absolute Gasteiger partial charge is 0.315 e. The minimum Gasteiger partial charge on any atom is -0.492 e. The van der Waals surface area contributed by atoms with Crippen molar-refractivity contribution < 1.29 is 19.1 Å². The van der Waals surface area contributed by atoms with Crippen molar-refractivity contribution in [3.8, 4) is 17.0 Å². The number of nitrogens with one attached hydrogen (secondary N) is 3. The van der Waals surface area contributed by atoms with Gasteiger partial charge in [0.15, 0.2) is 11.6 Å². The molecule has 29 heavy (non-hydrogen) atoms. The van der Waals surface area contributed by atoms with Crippen LogP contribution >= 0.6 is 0 Å². The van der Waals surface area contributed by atoms with Crippen molar-refractivity contribution >= 4 is 29.1 Å². The van der Waals surface area contributed by atoms with Crippen molar-refractivity contribution in [1.29, 1.82) is 0 Å². The predicted octanol–water partition coefficient (Wildman–Crippen LogP) is 2.93. The molecule has 0 radical (unpaired) electrons. The Kier molecular flexibility index (Phi) is 4.82. The van der Waals surface area contributed by atoms with E-state index in [4.69, 9.17) is 4.74 Å². The number of ketones is 1. The van der Waals surface area contributed by atoms with Crippen molar-refractivity contribution in [1.82, 2.24) is 10.2 Å². The van der Waals surface area contributed by atoms with Crippen LogP contribution in [0.3, 0.4) is 0 Å². The van der Waals surface area contributed by atoms with Crippen LogP contribution in [0.4, 0.5) is 11.5 Å². The second-order valence-corrected chi connectivity index (χ2v) is 6.62. The fourth-order valence-corrected chi connectivity index (χ4v) is 3.10. The summed E-state index contributed by atoms with van der Waals surface area (Å²) in [6.07, 6.45) is 0.285. The van der Waals surface area contributed by atoms with Crippen LogP contribution in [-0.4, -0.2) is 34.4 Å². The fourth-order valence-electron chi connectivity index (χ4n) is 3.10. The van der Waals surface area contributed by atoms with Crippen LogP contribution in [0.5, 0.6) is 5.75 Å². The van der Waals surface area contributed by atoms with Gasteiger partial charge in [-0.05, 0) is 30.7 Å². The normalized spacial score (nSPS) is 12.7. The van der Waals surface area contributed by atoms with Crippen LogP contribution in [-0.2, 0) is 9.59 Å². The average molecular weight is 390 g/mol. The van der Waals surface area contributed by atoms with Crippen molar-refractivity contribution in [3.63, 3.8) is 0 Å². The van der Waals surface area contributed by atoms with Crippen molar-refractivity contribution in [3.05, 3.63) is 59.7 Å². The number of rotatable bonds is 3. The first-order valence-corrected chi connectivity index (χ1v) is 9.05. The lowest BCUT2D eigenvalue weighted by atomic mass is 10.0.